The number of nitrogen functional groups attached to an aromatic ring is 1. The molecule has 0 saturated heterocycles. The molecular formula is C14H11ClN2O3. The molecule has 0 aliphatic heterocycles. The molecule has 2 aromatic carbocycles. The normalized spacial score (nSPS) is 10.1. The van der Waals surface area contributed by atoms with E-state index in [1.807, 2.05) is 0 Å². The molecule has 0 heterocycles. The number of nitrogens with one attached hydrogen (secondary N) is 1. The Bertz CT molecular complexity index is 686. The molecule has 2 rings (SSSR count). The molecule has 1 amide bonds. The zero-order chi connectivity index (χ0) is 14.7. The molecule has 0 aromatic heterocycles. The Morgan fingerprint density at radius 1 is 1.10 bits per heavy atom. The predicted octanol–water partition coefficient (Wildman–Crippen LogP) is 2.87. The summed E-state index contributed by atoms with van der Waals surface area (Å²) in [5, 5.41) is 11.6. The maximum Gasteiger partial charge on any atom is 0.335 e. The number of rotatable bonds is 3. The zero-order valence-electron chi connectivity index (χ0n) is 10.3. The van der Waals surface area contributed by atoms with Crippen molar-refractivity contribution in [2.24, 2.45) is 0 Å². The number of hydrogen-bond acceptors (Lipinski definition) is 3. The summed E-state index contributed by atoms with van der Waals surface area (Å²) in [7, 11) is 0. The van der Waals surface area contributed by atoms with Crippen LogP contribution in [0.4, 0.5) is 11.4 Å². The molecule has 0 unspecified atom stereocenters. The molecule has 20 heavy (non-hydrogen) atoms. The van der Waals surface area contributed by atoms with Crippen molar-refractivity contribution < 1.29 is 14.7 Å². The molecule has 5 nitrogen and oxygen atoms in total. The molecule has 0 fully saturated rings. The maximum absolute atomic E-state index is 12.0. The van der Waals surface area contributed by atoms with Gasteiger partial charge in [-0.15, -0.1) is 0 Å². The fourth-order valence-corrected chi connectivity index (χ4v) is 1.85. The minimum Gasteiger partial charge on any atom is -0.478 e. The van der Waals surface area contributed by atoms with Crippen molar-refractivity contribution in [3.8, 4) is 0 Å². The Hall–Kier alpha value is -2.53. The Morgan fingerprint density at radius 2 is 1.85 bits per heavy atom. The highest BCUT2D eigenvalue weighted by Crippen LogP contribution is 2.24. The van der Waals surface area contributed by atoms with Gasteiger partial charge in [-0.05, 0) is 36.4 Å². The number of amides is 1. The molecular weight excluding hydrogens is 280 g/mol. The predicted molar refractivity (Wildman–Crippen MR) is 77.2 cm³/mol. The van der Waals surface area contributed by atoms with Crippen LogP contribution in [0.2, 0.25) is 5.02 Å². The minimum absolute atomic E-state index is 0.0527. The Kier molecular flexibility index (Phi) is 3.91. The number of hydrogen-bond donors (Lipinski definition) is 3. The van der Waals surface area contributed by atoms with Crippen LogP contribution in [0, 0.1) is 0 Å². The lowest BCUT2D eigenvalue weighted by atomic mass is 10.1. The fraction of sp³-hybridized carbons (Fsp3) is 0. The van der Waals surface area contributed by atoms with Crippen LogP contribution in [-0.4, -0.2) is 17.0 Å². The molecule has 0 bridgehead atoms. The van der Waals surface area contributed by atoms with Crippen molar-refractivity contribution in [3.63, 3.8) is 0 Å². The summed E-state index contributed by atoms with van der Waals surface area (Å²) in [5.74, 6) is -1.46. The van der Waals surface area contributed by atoms with Crippen LogP contribution in [0.15, 0.2) is 42.5 Å². The van der Waals surface area contributed by atoms with Gasteiger partial charge in [0.1, 0.15) is 0 Å². The Labute approximate surface area is 120 Å². The molecule has 0 aliphatic rings. The summed E-state index contributed by atoms with van der Waals surface area (Å²) in [6, 6.07) is 10.6. The summed E-state index contributed by atoms with van der Waals surface area (Å²) in [5.41, 5.74) is 6.86. The Morgan fingerprint density at radius 3 is 2.45 bits per heavy atom. The van der Waals surface area contributed by atoms with Crippen LogP contribution in [0.3, 0.4) is 0 Å². The molecule has 4 N–H and O–H groups in total. The van der Waals surface area contributed by atoms with E-state index >= 15 is 0 Å². The molecule has 0 saturated carbocycles. The van der Waals surface area contributed by atoms with E-state index in [-0.39, 0.29) is 16.5 Å². The number of carbonyl (C=O) groups is 2. The SMILES string of the molecule is Nc1cccc(C(=O)Nc2ccc(C(=O)O)cc2Cl)c1. The van der Waals surface area contributed by atoms with Crippen LogP contribution in [0.1, 0.15) is 20.7 Å². The first kappa shape index (κ1) is 13.9. The van der Waals surface area contributed by atoms with E-state index in [4.69, 9.17) is 22.4 Å². The second-order valence-corrected chi connectivity index (χ2v) is 4.49. The molecule has 102 valence electrons. The van der Waals surface area contributed by atoms with Crippen molar-refractivity contribution in [1.82, 2.24) is 0 Å². The highest BCUT2D eigenvalue weighted by Gasteiger charge is 2.11. The molecule has 0 atom stereocenters. The summed E-state index contributed by atoms with van der Waals surface area (Å²) >= 11 is 5.93. The molecule has 0 aliphatic carbocycles. The average molecular weight is 291 g/mol. The number of carboxylic acids is 1. The second-order valence-electron chi connectivity index (χ2n) is 4.08. The van der Waals surface area contributed by atoms with Gasteiger partial charge >= 0.3 is 5.97 Å². The first-order valence-corrected chi connectivity index (χ1v) is 6.05. The second kappa shape index (κ2) is 5.63. The third-order valence-corrected chi connectivity index (χ3v) is 2.93. The van der Waals surface area contributed by atoms with Gasteiger partial charge in [-0.2, -0.15) is 0 Å². The van der Waals surface area contributed by atoms with Crippen molar-refractivity contribution in [2.75, 3.05) is 11.1 Å². The van der Waals surface area contributed by atoms with Crippen LogP contribution < -0.4 is 11.1 Å². The fourth-order valence-electron chi connectivity index (χ4n) is 1.62. The lowest BCUT2D eigenvalue weighted by Gasteiger charge is -2.08. The first-order valence-electron chi connectivity index (χ1n) is 5.67. The van der Waals surface area contributed by atoms with Gasteiger partial charge in [-0.3, -0.25) is 4.79 Å². The van der Waals surface area contributed by atoms with E-state index < -0.39 is 5.97 Å². The zero-order valence-corrected chi connectivity index (χ0v) is 11.0. The van der Waals surface area contributed by atoms with Crippen LogP contribution in [-0.2, 0) is 0 Å². The number of carbonyl (C=O) groups excluding carboxylic acids is 1. The first-order chi connectivity index (χ1) is 9.47. The van der Waals surface area contributed by atoms with Crippen molar-refractivity contribution in [1.29, 1.82) is 0 Å². The van der Waals surface area contributed by atoms with Crippen molar-refractivity contribution >= 4 is 34.9 Å². The maximum atomic E-state index is 12.0. The average Bonchev–Trinajstić information content (AvgIpc) is 2.40. The summed E-state index contributed by atoms with van der Waals surface area (Å²) < 4.78 is 0. The highest BCUT2D eigenvalue weighted by atomic mass is 35.5. The lowest BCUT2D eigenvalue weighted by Crippen LogP contribution is -2.12. The van der Waals surface area contributed by atoms with E-state index in [0.29, 0.717) is 16.9 Å². The monoisotopic (exact) mass is 290 g/mol. The quantitative estimate of drug-likeness (QED) is 0.758. The van der Waals surface area contributed by atoms with Gasteiger partial charge in [0.15, 0.2) is 0 Å². The van der Waals surface area contributed by atoms with Crippen LogP contribution in [0.5, 0.6) is 0 Å². The largest absolute Gasteiger partial charge is 0.478 e. The van der Waals surface area contributed by atoms with Gasteiger partial charge < -0.3 is 16.2 Å². The lowest BCUT2D eigenvalue weighted by molar-refractivity contribution is 0.0696. The standard InChI is InChI=1S/C14H11ClN2O3/c15-11-7-9(14(19)20)4-5-12(11)17-13(18)8-2-1-3-10(16)6-8/h1-7H,16H2,(H,17,18)(H,19,20). The molecule has 2 aromatic rings. The number of aromatic carboxylic acids is 1. The molecule has 6 heteroatoms. The van der Waals surface area contributed by atoms with Gasteiger partial charge in [0.25, 0.3) is 5.91 Å². The molecule has 0 radical (unpaired) electrons. The third kappa shape index (κ3) is 3.07. The molecule has 0 spiro atoms. The van der Waals surface area contributed by atoms with E-state index in [1.165, 1.54) is 24.3 Å². The number of benzene rings is 2. The summed E-state index contributed by atoms with van der Waals surface area (Å²) in [6.45, 7) is 0. The van der Waals surface area contributed by atoms with Crippen molar-refractivity contribution in [2.45, 2.75) is 0 Å². The number of halogens is 1. The summed E-state index contributed by atoms with van der Waals surface area (Å²) in [4.78, 5) is 22.8. The van der Waals surface area contributed by atoms with Gasteiger partial charge in [0.2, 0.25) is 0 Å². The Balaban J connectivity index is 2.22. The van der Waals surface area contributed by atoms with E-state index in [9.17, 15) is 9.59 Å². The van der Waals surface area contributed by atoms with Gasteiger partial charge in [0.05, 0.1) is 16.3 Å². The van der Waals surface area contributed by atoms with E-state index in [2.05, 4.69) is 5.32 Å². The number of nitrogens with two attached hydrogens (primary N) is 1. The number of carboxylic acid groups (broad SMARTS) is 1. The summed E-state index contributed by atoms with van der Waals surface area (Å²) in [6.07, 6.45) is 0. The highest BCUT2D eigenvalue weighted by molar-refractivity contribution is 6.34. The van der Waals surface area contributed by atoms with Crippen LogP contribution in [0.25, 0.3) is 0 Å². The van der Waals surface area contributed by atoms with Gasteiger partial charge in [0, 0.05) is 11.3 Å². The van der Waals surface area contributed by atoms with E-state index in [0.717, 1.165) is 0 Å². The topological polar surface area (TPSA) is 92.4 Å². The van der Waals surface area contributed by atoms with Crippen molar-refractivity contribution in [3.05, 3.63) is 58.6 Å². The third-order valence-electron chi connectivity index (χ3n) is 2.61. The minimum atomic E-state index is -1.08. The van der Waals surface area contributed by atoms with Crippen LogP contribution >= 0.6 is 11.6 Å². The number of anilines is 2. The van der Waals surface area contributed by atoms with Gasteiger partial charge in [-0.1, -0.05) is 17.7 Å². The van der Waals surface area contributed by atoms with E-state index in [1.54, 1.807) is 18.2 Å². The smallest absolute Gasteiger partial charge is 0.335 e. The van der Waals surface area contributed by atoms with Gasteiger partial charge in [-0.25, -0.2) is 4.79 Å².